The number of aliphatic hydroxyl groups is 1. The molecule has 2 aliphatic carbocycles. The van der Waals surface area contributed by atoms with E-state index in [1.807, 2.05) is 37.3 Å². The van der Waals surface area contributed by atoms with Crippen molar-refractivity contribution in [3.63, 3.8) is 0 Å². The summed E-state index contributed by atoms with van der Waals surface area (Å²) in [6.45, 7) is 12.5. The van der Waals surface area contributed by atoms with Gasteiger partial charge in [-0.15, -0.1) is 6.58 Å². The fourth-order valence-electron chi connectivity index (χ4n) is 6.14. The highest BCUT2D eigenvalue weighted by molar-refractivity contribution is 7.90. The summed E-state index contributed by atoms with van der Waals surface area (Å²) in [6.07, 6.45) is 4.86. The molecule has 1 fully saturated rings. The number of benzene rings is 2. The number of hydrogen-bond donors (Lipinski definition) is 1. The van der Waals surface area contributed by atoms with Crippen molar-refractivity contribution in [2.75, 3.05) is 0 Å². The number of aromatic nitrogens is 1. The van der Waals surface area contributed by atoms with Crippen LogP contribution in [0.25, 0.3) is 10.9 Å². The lowest BCUT2D eigenvalue weighted by Gasteiger charge is -2.53. The minimum absolute atomic E-state index is 0.145. The fourth-order valence-corrected chi connectivity index (χ4v) is 7.51. The Morgan fingerprint density at radius 1 is 1.12 bits per heavy atom. The molecule has 4 atom stereocenters. The standard InChI is InChI=1S/C27H31NO3S/c1-6-27(5)15-14-21-24(25(27)29)19-16-28(32(30,31)18-12-10-17(2)11-13-18)22-9-7-8-20(23(19)22)26(21,3)4/h6-13,16,21,24-25,29H,1,14-15H2,2-5H3/t21-,24+,25-,27+/m1/s1. The molecule has 2 aliphatic rings. The van der Waals surface area contributed by atoms with Crippen LogP contribution in [0.4, 0.5) is 0 Å². The summed E-state index contributed by atoms with van der Waals surface area (Å²) < 4.78 is 28.8. The van der Waals surface area contributed by atoms with E-state index in [1.54, 1.807) is 18.3 Å². The molecular formula is C27H31NO3S. The first-order chi connectivity index (χ1) is 15.0. The molecule has 4 nitrogen and oxygen atoms in total. The highest BCUT2D eigenvalue weighted by Crippen LogP contribution is 2.59. The Kier molecular flexibility index (Phi) is 4.57. The van der Waals surface area contributed by atoms with Crippen molar-refractivity contribution in [1.29, 1.82) is 0 Å². The van der Waals surface area contributed by atoms with Gasteiger partial charge in [-0.05, 0) is 60.4 Å². The van der Waals surface area contributed by atoms with E-state index in [9.17, 15) is 13.5 Å². The first kappa shape index (κ1) is 21.5. The van der Waals surface area contributed by atoms with E-state index >= 15 is 0 Å². The average molecular weight is 450 g/mol. The predicted octanol–water partition coefficient (Wildman–Crippen LogP) is 5.52. The summed E-state index contributed by atoms with van der Waals surface area (Å²) >= 11 is 0. The molecule has 1 heterocycles. The van der Waals surface area contributed by atoms with Gasteiger partial charge in [0.25, 0.3) is 10.0 Å². The molecular weight excluding hydrogens is 418 g/mol. The van der Waals surface area contributed by atoms with Crippen LogP contribution in [0.15, 0.2) is 66.2 Å². The van der Waals surface area contributed by atoms with E-state index in [4.69, 9.17) is 0 Å². The van der Waals surface area contributed by atoms with Crippen LogP contribution in [-0.2, 0) is 15.4 Å². The first-order valence-corrected chi connectivity index (χ1v) is 12.7. The second-order valence-corrected chi connectivity index (χ2v) is 12.3. The smallest absolute Gasteiger partial charge is 0.268 e. The van der Waals surface area contributed by atoms with E-state index in [0.717, 1.165) is 29.4 Å². The summed E-state index contributed by atoms with van der Waals surface area (Å²) in [5.41, 5.74) is 3.23. The molecule has 0 saturated heterocycles. The third-order valence-electron chi connectivity index (χ3n) is 8.29. The molecule has 168 valence electrons. The maximum atomic E-state index is 13.7. The van der Waals surface area contributed by atoms with Gasteiger partial charge in [0.15, 0.2) is 0 Å². The van der Waals surface area contributed by atoms with Gasteiger partial charge in [0.05, 0.1) is 16.5 Å². The molecule has 0 radical (unpaired) electrons. The van der Waals surface area contributed by atoms with Crippen molar-refractivity contribution in [3.8, 4) is 0 Å². The van der Waals surface area contributed by atoms with Crippen LogP contribution in [0.3, 0.4) is 0 Å². The summed E-state index contributed by atoms with van der Waals surface area (Å²) in [5, 5.41) is 12.5. The Balaban J connectivity index is 1.80. The van der Waals surface area contributed by atoms with E-state index in [2.05, 4.69) is 33.4 Å². The van der Waals surface area contributed by atoms with Gasteiger partial charge in [-0.2, -0.15) is 0 Å². The van der Waals surface area contributed by atoms with E-state index in [1.165, 1.54) is 9.54 Å². The Morgan fingerprint density at radius 2 is 1.81 bits per heavy atom. The average Bonchev–Trinajstić information content (AvgIpc) is 3.15. The van der Waals surface area contributed by atoms with Crippen molar-refractivity contribution in [1.82, 2.24) is 3.97 Å². The normalized spacial score (nSPS) is 29.0. The number of aryl methyl sites for hydroxylation is 1. The monoisotopic (exact) mass is 449 g/mol. The number of nitrogens with zero attached hydrogens (tertiary/aromatic N) is 1. The van der Waals surface area contributed by atoms with Gasteiger partial charge in [0.1, 0.15) is 0 Å². The van der Waals surface area contributed by atoms with Crippen LogP contribution in [0.2, 0.25) is 0 Å². The third-order valence-corrected chi connectivity index (χ3v) is 9.98. The van der Waals surface area contributed by atoms with Crippen molar-refractivity contribution in [3.05, 3.63) is 78.0 Å². The first-order valence-electron chi connectivity index (χ1n) is 11.3. The lowest BCUT2D eigenvalue weighted by atomic mass is 9.52. The summed E-state index contributed by atoms with van der Waals surface area (Å²) in [4.78, 5) is 0.270. The molecule has 1 aromatic heterocycles. The summed E-state index contributed by atoms with van der Waals surface area (Å²) in [6, 6.07) is 12.9. The second-order valence-electron chi connectivity index (χ2n) is 10.4. The zero-order valence-corrected chi connectivity index (χ0v) is 20.0. The van der Waals surface area contributed by atoms with Gasteiger partial charge in [0, 0.05) is 22.9 Å². The van der Waals surface area contributed by atoms with Crippen LogP contribution in [0.5, 0.6) is 0 Å². The maximum absolute atomic E-state index is 13.7. The summed E-state index contributed by atoms with van der Waals surface area (Å²) in [7, 11) is -3.77. The molecule has 1 saturated carbocycles. The van der Waals surface area contributed by atoms with Gasteiger partial charge in [-0.1, -0.05) is 56.7 Å². The van der Waals surface area contributed by atoms with E-state index in [0.29, 0.717) is 5.52 Å². The van der Waals surface area contributed by atoms with E-state index in [-0.39, 0.29) is 22.1 Å². The minimum Gasteiger partial charge on any atom is -0.392 e. The molecule has 0 spiro atoms. The largest absolute Gasteiger partial charge is 0.392 e. The van der Waals surface area contributed by atoms with Gasteiger partial charge >= 0.3 is 0 Å². The van der Waals surface area contributed by atoms with Gasteiger partial charge < -0.3 is 5.11 Å². The molecule has 0 amide bonds. The summed E-state index contributed by atoms with van der Waals surface area (Å²) in [5.74, 6) is 0.0789. The Hall–Kier alpha value is -2.37. The molecule has 32 heavy (non-hydrogen) atoms. The zero-order valence-electron chi connectivity index (χ0n) is 19.2. The third kappa shape index (κ3) is 2.74. The quantitative estimate of drug-likeness (QED) is 0.535. The highest BCUT2D eigenvalue weighted by Gasteiger charge is 2.53. The molecule has 2 aromatic carbocycles. The SMILES string of the molecule is C=C[C@@]1(C)CC[C@@H]2[C@H](c3cn(S(=O)(=O)c4ccc(C)cc4)c4cccc(c34)C2(C)C)[C@H]1O. The van der Waals surface area contributed by atoms with Crippen LogP contribution in [-0.4, -0.2) is 23.6 Å². The zero-order chi connectivity index (χ0) is 23.1. The highest BCUT2D eigenvalue weighted by atomic mass is 32.2. The topological polar surface area (TPSA) is 59.3 Å². The second kappa shape index (κ2) is 6.82. The minimum atomic E-state index is -3.77. The predicted molar refractivity (Wildman–Crippen MR) is 129 cm³/mol. The van der Waals surface area contributed by atoms with Crippen LogP contribution >= 0.6 is 0 Å². The number of hydrogen-bond acceptors (Lipinski definition) is 3. The molecule has 5 heteroatoms. The van der Waals surface area contributed by atoms with Gasteiger partial charge in [-0.3, -0.25) is 0 Å². The van der Waals surface area contributed by atoms with Crippen molar-refractivity contribution in [2.45, 2.75) is 62.9 Å². The molecule has 3 aromatic rings. The maximum Gasteiger partial charge on any atom is 0.268 e. The number of rotatable bonds is 3. The fraction of sp³-hybridized carbons (Fsp3) is 0.407. The lowest BCUT2D eigenvalue weighted by molar-refractivity contribution is -0.0299. The molecule has 0 aliphatic heterocycles. The van der Waals surface area contributed by atoms with E-state index < -0.39 is 21.5 Å². The van der Waals surface area contributed by atoms with Gasteiger partial charge in [0.2, 0.25) is 0 Å². The van der Waals surface area contributed by atoms with Crippen molar-refractivity contribution >= 4 is 20.9 Å². The molecule has 0 unspecified atom stereocenters. The Morgan fingerprint density at radius 3 is 2.47 bits per heavy atom. The number of aliphatic hydroxyl groups excluding tert-OH is 1. The van der Waals surface area contributed by atoms with Crippen LogP contribution < -0.4 is 0 Å². The lowest BCUT2D eigenvalue weighted by Crippen LogP contribution is -2.50. The van der Waals surface area contributed by atoms with Crippen molar-refractivity contribution < 1.29 is 13.5 Å². The molecule has 5 rings (SSSR count). The molecule has 1 N–H and O–H groups in total. The van der Waals surface area contributed by atoms with Gasteiger partial charge in [-0.25, -0.2) is 12.4 Å². The van der Waals surface area contributed by atoms with Crippen molar-refractivity contribution in [2.24, 2.45) is 11.3 Å². The Bertz CT molecular complexity index is 1330. The molecule has 0 bridgehead atoms. The van der Waals surface area contributed by atoms with Crippen LogP contribution in [0.1, 0.15) is 56.2 Å². The number of fused-ring (bicyclic) bond motifs is 2. The van der Waals surface area contributed by atoms with Crippen LogP contribution in [0, 0.1) is 18.3 Å². The Labute approximate surface area is 190 Å².